The molecule has 0 saturated heterocycles. The van der Waals surface area contributed by atoms with Gasteiger partial charge in [0.05, 0.1) is 6.04 Å². The van der Waals surface area contributed by atoms with E-state index in [1.807, 2.05) is 32.0 Å². The van der Waals surface area contributed by atoms with Gasteiger partial charge in [-0.3, -0.25) is 5.84 Å². The standard InChI is InChI=1S/C15H15BrF2N2/c1-8-3-4-11(9(2)5-8)15(20-19)14-12(17)6-10(16)7-13(14)18/h3-7,15,20H,19H2,1-2H3. The molecule has 0 amide bonds. The summed E-state index contributed by atoms with van der Waals surface area (Å²) in [7, 11) is 0. The molecule has 2 rings (SSSR count). The van der Waals surface area contributed by atoms with E-state index < -0.39 is 17.7 Å². The topological polar surface area (TPSA) is 38.0 Å². The maximum absolute atomic E-state index is 14.1. The van der Waals surface area contributed by atoms with Gasteiger partial charge in [0.15, 0.2) is 0 Å². The summed E-state index contributed by atoms with van der Waals surface area (Å²) in [5.74, 6) is 4.25. The van der Waals surface area contributed by atoms with Gasteiger partial charge in [0.1, 0.15) is 11.6 Å². The van der Waals surface area contributed by atoms with Gasteiger partial charge in [-0.2, -0.15) is 0 Å². The lowest BCUT2D eigenvalue weighted by atomic mass is 9.93. The van der Waals surface area contributed by atoms with Crippen molar-refractivity contribution in [2.75, 3.05) is 0 Å². The minimum absolute atomic E-state index is 0.0809. The Hall–Kier alpha value is -1.30. The molecule has 2 nitrogen and oxygen atoms in total. The predicted octanol–water partition coefficient (Wildman–Crippen LogP) is 3.90. The van der Waals surface area contributed by atoms with Gasteiger partial charge >= 0.3 is 0 Å². The summed E-state index contributed by atoms with van der Waals surface area (Å²) in [6, 6.07) is 7.40. The van der Waals surface area contributed by atoms with E-state index in [2.05, 4.69) is 21.4 Å². The van der Waals surface area contributed by atoms with Crippen molar-refractivity contribution in [3.63, 3.8) is 0 Å². The molecule has 0 saturated carbocycles. The van der Waals surface area contributed by atoms with Crippen molar-refractivity contribution in [2.24, 2.45) is 5.84 Å². The fourth-order valence-electron chi connectivity index (χ4n) is 2.31. The van der Waals surface area contributed by atoms with Crippen LogP contribution in [-0.4, -0.2) is 0 Å². The van der Waals surface area contributed by atoms with Crippen LogP contribution in [-0.2, 0) is 0 Å². The Bertz CT molecular complexity index is 621. The van der Waals surface area contributed by atoms with Gasteiger partial charge in [0.25, 0.3) is 0 Å². The lowest BCUT2D eigenvalue weighted by Gasteiger charge is -2.20. The Labute approximate surface area is 125 Å². The van der Waals surface area contributed by atoms with Crippen LogP contribution >= 0.6 is 15.9 Å². The normalized spacial score (nSPS) is 12.5. The molecule has 5 heteroatoms. The number of hydrogen-bond donors (Lipinski definition) is 2. The monoisotopic (exact) mass is 340 g/mol. The highest BCUT2D eigenvalue weighted by Gasteiger charge is 2.23. The first kappa shape index (κ1) is 15.1. The van der Waals surface area contributed by atoms with Crippen molar-refractivity contribution in [1.29, 1.82) is 0 Å². The molecular formula is C15H15BrF2N2. The van der Waals surface area contributed by atoms with E-state index >= 15 is 0 Å². The second kappa shape index (κ2) is 5.99. The first-order valence-electron chi connectivity index (χ1n) is 6.11. The average Bonchev–Trinajstić information content (AvgIpc) is 2.34. The Balaban J connectivity index is 2.58. The number of halogens is 3. The number of hydrazine groups is 1. The first-order chi connectivity index (χ1) is 9.43. The van der Waals surface area contributed by atoms with Gasteiger partial charge in [0, 0.05) is 10.0 Å². The Morgan fingerprint density at radius 2 is 1.70 bits per heavy atom. The van der Waals surface area contributed by atoms with Gasteiger partial charge in [-0.15, -0.1) is 0 Å². The third-order valence-electron chi connectivity index (χ3n) is 3.24. The lowest BCUT2D eigenvalue weighted by molar-refractivity contribution is 0.508. The summed E-state index contributed by atoms with van der Waals surface area (Å²) in [6.45, 7) is 3.85. The first-order valence-corrected chi connectivity index (χ1v) is 6.91. The van der Waals surface area contributed by atoms with Crippen LogP contribution in [0.1, 0.15) is 28.3 Å². The maximum atomic E-state index is 14.1. The van der Waals surface area contributed by atoms with Crippen molar-refractivity contribution in [3.8, 4) is 0 Å². The van der Waals surface area contributed by atoms with Crippen LogP contribution < -0.4 is 11.3 Å². The van der Waals surface area contributed by atoms with Crippen molar-refractivity contribution < 1.29 is 8.78 Å². The molecule has 0 aliphatic rings. The average molecular weight is 341 g/mol. The van der Waals surface area contributed by atoms with Crippen LogP contribution in [0.4, 0.5) is 8.78 Å². The largest absolute Gasteiger partial charge is 0.271 e. The van der Waals surface area contributed by atoms with E-state index in [1.54, 1.807) is 0 Å². The summed E-state index contributed by atoms with van der Waals surface area (Å²) >= 11 is 3.07. The molecule has 1 atom stereocenters. The van der Waals surface area contributed by atoms with Crippen LogP contribution in [0.2, 0.25) is 0 Å². The summed E-state index contributed by atoms with van der Waals surface area (Å²) < 4.78 is 28.5. The molecule has 0 aromatic heterocycles. The molecular weight excluding hydrogens is 326 g/mol. The molecule has 106 valence electrons. The van der Waals surface area contributed by atoms with Crippen molar-refractivity contribution in [1.82, 2.24) is 5.43 Å². The summed E-state index contributed by atoms with van der Waals surface area (Å²) in [5.41, 5.74) is 5.18. The number of hydrogen-bond acceptors (Lipinski definition) is 2. The molecule has 0 radical (unpaired) electrons. The summed E-state index contributed by atoms with van der Waals surface area (Å²) in [4.78, 5) is 0. The van der Waals surface area contributed by atoms with E-state index in [4.69, 9.17) is 5.84 Å². The third-order valence-corrected chi connectivity index (χ3v) is 3.69. The quantitative estimate of drug-likeness (QED) is 0.656. The molecule has 0 aliphatic heterocycles. The van der Waals surface area contributed by atoms with Crippen LogP contribution in [0.25, 0.3) is 0 Å². The summed E-state index contributed by atoms with van der Waals surface area (Å²) in [5, 5.41) is 0. The van der Waals surface area contributed by atoms with E-state index in [9.17, 15) is 8.78 Å². The minimum Gasteiger partial charge on any atom is -0.271 e. The predicted molar refractivity (Wildman–Crippen MR) is 79.1 cm³/mol. The highest BCUT2D eigenvalue weighted by atomic mass is 79.9. The van der Waals surface area contributed by atoms with Crippen LogP contribution in [0.15, 0.2) is 34.8 Å². The van der Waals surface area contributed by atoms with Gasteiger partial charge in [-0.25, -0.2) is 14.2 Å². The van der Waals surface area contributed by atoms with Gasteiger partial charge in [-0.05, 0) is 37.1 Å². The fourth-order valence-corrected chi connectivity index (χ4v) is 2.71. The number of nitrogens with one attached hydrogen (secondary N) is 1. The molecule has 2 aromatic carbocycles. The van der Waals surface area contributed by atoms with Crippen molar-refractivity contribution in [3.05, 3.63) is 68.7 Å². The zero-order chi connectivity index (χ0) is 14.9. The molecule has 0 aliphatic carbocycles. The van der Waals surface area contributed by atoms with Gasteiger partial charge < -0.3 is 0 Å². The zero-order valence-corrected chi connectivity index (χ0v) is 12.8. The van der Waals surface area contributed by atoms with E-state index in [0.717, 1.165) is 16.7 Å². The van der Waals surface area contributed by atoms with Crippen LogP contribution in [0, 0.1) is 25.5 Å². The molecule has 0 heterocycles. The Morgan fingerprint density at radius 3 is 2.20 bits per heavy atom. The van der Waals surface area contributed by atoms with E-state index in [1.165, 1.54) is 12.1 Å². The molecule has 0 fully saturated rings. The number of aryl methyl sites for hydroxylation is 2. The van der Waals surface area contributed by atoms with E-state index in [0.29, 0.717) is 4.47 Å². The van der Waals surface area contributed by atoms with Gasteiger partial charge in [0.2, 0.25) is 0 Å². The number of benzene rings is 2. The minimum atomic E-state index is -0.733. The molecule has 2 aromatic rings. The molecule has 0 bridgehead atoms. The summed E-state index contributed by atoms with van der Waals surface area (Å²) in [6.07, 6.45) is 0. The number of rotatable bonds is 3. The second-order valence-corrected chi connectivity index (χ2v) is 5.66. The highest BCUT2D eigenvalue weighted by Crippen LogP contribution is 2.30. The van der Waals surface area contributed by atoms with Crippen LogP contribution in [0.5, 0.6) is 0 Å². The van der Waals surface area contributed by atoms with Crippen LogP contribution in [0.3, 0.4) is 0 Å². The second-order valence-electron chi connectivity index (χ2n) is 4.74. The molecule has 3 N–H and O–H groups in total. The Kier molecular flexibility index (Phi) is 4.52. The SMILES string of the molecule is Cc1ccc(C(NN)c2c(F)cc(Br)cc2F)c(C)c1. The maximum Gasteiger partial charge on any atom is 0.132 e. The molecule has 1 unspecified atom stereocenters. The smallest absolute Gasteiger partial charge is 0.132 e. The Morgan fingerprint density at radius 1 is 1.10 bits per heavy atom. The molecule has 0 spiro atoms. The zero-order valence-electron chi connectivity index (χ0n) is 11.2. The lowest BCUT2D eigenvalue weighted by Crippen LogP contribution is -2.31. The molecule has 20 heavy (non-hydrogen) atoms. The third kappa shape index (κ3) is 2.90. The van der Waals surface area contributed by atoms with Crippen molar-refractivity contribution >= 4 is 15.9 Å². The van der Waals surface area contributed by atoms with E-state index in [-0.39, 0.29) is 5.56 Å². The van der Waals surface area contributed by atoms with Gasteiger partial charge in [-0.1, -0.05) is 39.7 Å². The highest BCUT2D eigenvalue weighted by molar-refractivity contribution is 9.10. The van der Waals surface area contributed by atoms with Crippen molar-refractivity contribution in [2.45, 2.75) is 19.9 Å². The fraction of sp³-hybridized carbons (Fsp3) is 0.200. The number of nitrogens with two attached hydrogens (primary N) is 1.